The average Bonchev–Trinajstić information content (AvgIpc) is 3.38. The Hall–Kier alpha value is -3.65. The van der Waals surface area contributed by atoms with E-state index in [1.54, 1.807) is 11.8 Å². The normalized spacial score (nSPS) is 15.4. The summed E-state index contributed by atoms with van der Waals surface area (Å²) in [6.07, 6.45) is 1.48. The molecule has 1 N–H and O–H groups in total. The van der Waals surface area contributed by atoms with Crippen molar-refractivity contribution in [2.75, 3.05) is 19.8 Å². The van der Waals surface area contributed by atoms with E-state index < -0.39 is 17.7 Å². The van der Waals surface area contributed by atoms with E-state index >= 15 is 0 Å². The van der Waals surface area contributed by atoms with E-state index in [1.165, 1.54) is 11.3 Å². The Morgan fingerprint density at radius 2 is 1.85 bits per heavy atom. The van der Waals surface area contributed by atoms with Crippen molar-refractivity contribution in [2.24, 2.45) is 5.92 Å². The van der Waals surface area contributed by atoms with Gasteiger partial charge in [0, 0.05) is 6.54 Å². The van der Waals surface area contributed by atoms with Gasteiger partial charge < -0.3 is 19.5 Å². The molecule has 1 unspecified atom stereocenters. The maximum Gasteiger partial charge on any atom is 0.290 e. The molecule has 3 aromatic rings. The molecule has 206 valence electrons. The number of carbonyl (C=O) groups is 2. The number of hydrogen-bond acceptors (Lipinski definition) is 7. The molecule has 0 radical (unpaired) electrons. The zero-order chi connectivity index (χ0) is 28.1. The van der Waals surface area contributed by atoms with E-state index in [4.69, 9.17) is 9.47 Å². The van der Waals surface area contributed by atoms with Gasteiger partial charge in [0.15, 0.2) is 17.3 Å². The molecule has 39 heavy (non-hydrogen) atoms. The minimum absolute atomic E-state index is 0.0655. The molecular formula is C31H36N2O5S. The van der Waals surface area contributed by atoms with Gasteiger partial charge in [-0.15, -0.1) is 11.3 Å². The number of aliphatic hydroxyl groups excluding tert-OH is 1. The van der Waals surface area contributed by atoms with Crippen LogP contribution in [0.25, 0.3) is 0 Å². The summed E-state index contributed by atoms with van der Waals surface area (Å²) >= 11 is 1.27. The number of rotatable bonds is 12. The lowest BCUT2D eigenvalue weighted by atomic mass is 9.94. The second kappa shape index (κ2) is 12.5. The van der Waals surface area contributed by atoms with Crippen molar-refractivity contribution in [2.45, 2.75) is 53.5 Å². The predicted molar refractivity (Wildman–Crippen MR) is 153 cm³/mol. The zero-order valence-corrected chi connectivity index (χ0v) is 24.0. The van der Waals surface area contributed by atoms with Gasteiger partial charge in [-0.1, -0.05) is 50.2 Å². The molecule has 0 aliphatic carbocycles. The smallest absolute Gasteiger partial charge is 0.290 e. The number of benzene rings is 2. The van der Waals surface area contributed by atoms with Gasteiger partial charge in [-0.3, -0.25) is 9.59 Å². The van der Waals surface area contributed by atoms with Gasteiger partial charge in [0.1, 0.15) is 0 Å². The number of thiazole rings is 1. The molecule has 1 aliphatic rings. The van der Waals surface area contributed by atoms with Crippen LogP contribution < -0.4 is 9.47 Å². The molecule has 2 aromatic carbocycles. The topological polar surface area (TPSA) is 89.0 Å². The van der Waals surface area contributed by atoms with Crippen molar-refractivity contribution in [3.63, 3.8) is 0 Å². The van der Waals surface area contributed by atoms with Crippen molar-refractivity contribution in [3.8, 4) is 11.5 Å². The van der Waals surface area contributed by atoms with Crippen molar-refractivity contribution in [1.82, 2.24) is 9.88 Å². The highest BCUT2D eigenvalue weighted by Crippen LogP contribution is 2.42. The molecule has 8 heteroatoms. The first-order valence-corrected chi connectivity index (χ1v) is 14.2. The fourth-order valence-corrected chi connectivity index (χ4v) is 5.58. The number of aromatic nitrogens is 1. The Morgan fingerprint density at radius 1 is 1.10 bits per heavy atom. The maximum absolute atomic E-state index is 13.8. The number of aryl methyl sites for hydroxylation is 2. The Balaban J connectivity index is 1.74. The number of amides is 1. The number of Topliss-reactive ketones (excluding diaryl/α,β-unsaturated/α-hetero) is 1. The van der Waals surface area contributed by atoms with Crippen molar-refractivity contribution in [3.05, 3.63) is 86.6 Å². The number of ketones is 1. The van der Waals surface area contributed by atoms with Crippen LogP contribution in [0.2, 0.25) is 0 Å². The van der Waals surface area contributed by atoms with E-state index in [-0.39, 0.29) is 11.4 Å². The summed E-state index contributed by atoms with van der Waals surface area (Å²) in [6, 6.07) is 14.5. The Labute approximate surface area is 234 Å². The number of aliphatic hydroxyl groups is 1. The molecule has 0 saturated carbocycles. The summed E-state index contributed by atoms with van der Waals surface area (Å²) in [5, 5.41) is 11.8. The quantitative estimate of drug-likeness (QED) is 0.263. The first-order valence-electron chi connectivity index (χ1n) is 13.4. The number of carbonyl (C=O) groups excluding carboxylic acids is 2. The molecule has 1 atom stereocenters. The number of hydrogen-bond donors (Lipinski definition) is 1. The van der Waals surface area contributed by atoms with Crippen LogP contribution in [0.1, 0.15) is 64.7 Å². The lowest BCUT2D eigenvalue weighted by Crippen LogP contribution is -2.33. The summed E-state index contributed by atoms with van der Waals surface area (Å²) in [4.78, 5) is 33.7. The standard InChI is InChI=1S/C31H36N2O5S/c1-6-37-25-18-23(12-13-24(25)38-17-15-19(2)3)27-26(28(34)30-20(4)32-21(5)39-30)29(35)31(36)33(27)16-14-22-10-8-7-9-11-22/h7-13,18-19,27,35H,6,14-17H2,1-5H3. The highest BCUT2D eigenvalue weighted by atomic mass is 32.1. The monoisotopic (exact) mass is 548 g/mol. The van der Waals surface area contributed by atoms with Gasteiger partial charge in [-0.05, 0) is 62.8 Å². The lowest BCUT2D eigenvalue weighted by molar-refractivity contribution is -0.129. The minimum atomic E-state index is -0.778. The molecule has 1 aromatic heterocycles. The Morgan fingerprint density at radius 3 is 2.49 bits per heavy atom. The molecular weight excluding hydrogens is 512 g/mol. The van der Waals surface area contributed by atoms with E-state index in [9.17, 15) is 14.7 Å². The van der Waals surface area contributed by atoms with Crippen LogP contribution in [0.3, 0.4) is 0 Å². The predicted octanol–water partition coefficient (Wildman–Crippen LogP) is 6.40. The molecule has 2 heterocycles. The van der Waals surface area contributed by atoms with E-state index in [1.807, 2.05) is 62.4 Å². The van der Waals surface area contributed by atoms with Gasteiger partial charge >= 0.3 is 0 Å². The van der Waals surface area contributed by atoms with Crippen LogP contribution in [0, 0.1) is 19.8 Å². The van der Waals surface area contributed by atoms with Crippen molar-refractivity contribution < 1.29 is 24.2 Å². The van der Waals surface area contributed by atoms with Crippen LogP contribution in [0.5, 0.6) is 11.5 Å². The summed E-state index contributed by atoms with van der Waals surface area (Å²) in [7, 11) is 0. The Kier molecular flexibility index (Phi) is 9.07. The third kappa shape index (κ3) is 6.33. The molecule has 0 saturated heterocycles. The zero-order valence-electron chi connectivity index (χ0n) is 23.2. The first kappa shape index (κ1) is 28.4. The van der Waals surface area contributed by atoms with Crippen LogP contribution in [-0.4, -0.2) is 46.4 Å². The average molecular weight is 549 g/mol. The molecule has 4 rings (SSSR count). The van der Waals surface area contributed by atoms with E-state index in [0.29, 0.717) is 59.7 Å². The lowest BCUT2D eigenvalue weighted by Gasteiger charge is -2.27. The number of ether oxygens (including phenoxy) is 2. The van der Waals surface area contributed by atoms with Crippen LogP contribution in [-0.2, 0) is 11.2 Å². The summed E-state index contributed by atoms with van der Waals surface area (Å²) in [6.45, 7) is 11.1. The third-order valence-corrected chi connectivity index (χ3v) is 7.75. The third-order valence-electron chi connectivity index (χ3n) is 6.68. The summed E-state index contributed by atoms with van der Waals surface area (Å²) < 4.78 is 11.9. The molecule has 0 spiro atoms. The van der Waals surface area contributed by atoms with Gasteiger partial charge in [-0.2, -0.15) is 0 Å². The maximum atomic E-state index is 13.8. The fraction of sp³-hybridized carbons (Fsp3) is 0.387. The molecule has 1 amide bonds. The molecule has 1 aliphatic heterocycles. The number of nitrogens with zero attached hydrogens (tertiary/aromatic N) is 2. The molecule has 0 bridgehead atoms. The van der Waals surface area contributed by atoms with Gasteiger partial charge in [0.2, 0.25) is 5.78 Å². The van der Waals surface area contributed by atoms with Crippen LogP contribution in [0.15, 0.2) is 59.9 Å². The van der Waals surface area contributed by atoms with Crippen LogP contribution >= 0.6 is 11.3 Å². The largest absolute Gasteiger partial charge is 0.503 e. The second-order valence-corrected chi connectivity index (χ2v) is 11.2. The summed E-state index contributed by atoms with van der Waals surface area (Å²) in [5.74, 6) is 0.190. The van der Waals surface area contributed by atoms with E-state index in [0.717, 1.165) is 17.0 Å². The molecule has 7 nitrogen and oxygen atoms in total. The minimum Gasteiger partial charge on any atom is -0.503 e. The van der Waals surface area contributed by atoms with Gasteiger partial charge in [-0.25, -0.2) is 4.98 Å². The van der Waals surface area contributed by atoms with Crippen molar-refractivity contribution in [1.29, 1.82) is 0 Å². The Bertz CT molecular complexity index is 1360. The second-order valence-electron chi connectivity index (χ2n) is 10.0. The van der Waals surface area contributed by atoms with Crippen molar-refractivity contribution >= 4 is 23.0 Å². The highest BCUT2D eigenvalue weighted by molar-refractivity contribution is 7.14. The highest BCUT2D eigenvalue weighted by Gasteiger charge is 2.44. The van der Waals surface area contributed by atoms with Gasteiger partial charge in [0.05, 0.1) is 40.4 Å². The fourth-order valence-electron chi connectivity index (χ4n) is 4.71. The first-order chi connectivity index (χ1) is 18.7. The van der Waals surface area contributed by atoms with E-state index in [2.05, 4.69) is 18.8 Å². The van der Waals surface area contributed by atoms with Gasteiger partial charge in [0.25, 0.3) is 5.91 Å². The summed E-state index contributed by atoms with van der Waals surface area (Å²) in [5.41, 5.74) is 2.37. The SMILES string of the molecule is CCOc1cc(C2C(C(=O)c3sc(C)nc3C)=C(O)C(=O)N2CCc2ccccc2)ccc1OCCC(C)C. The van der Waals surface area contributed by atoms with Crippen LogP contribution in [0.4, 0.5) is 0 Å². The molecule has 0 fully saturated rings.